The van der Waals surface area contributed by atoms with Crippen molar-refractivity contribution in [2.24, 2.45) is 0 Å². The standard InChI is InChI=1S/C13H7Cl2FO/c14-9-3-1-8(2-4-9)13(17)11-7-10(16)5-6-12(11)15/h1-7H. The fraction of sp³-hybridized carbons (Fsp3) is 0. The Kier molecular flexibility index (Phi) is 3.46. The first kappa shape index (κ1) is 12.1. The minimum absolute atomic E-state index is 0.147. The van der Waals surface area contributed by atoms with Gasteiger partial charge in [-0.05, 0) is 42.5 Å². The van der Waals surface area contributed by atoms with Crippen LogP contribution in [0, 0.1) is 5.82 Å². The summed E-state index contributed by atoms with van der Waals surface area (Å²) >= 11 is 11.6. The molecule has 4 heteroatoms. The molecule has 0 bridgehead atoms. The third-order valence-corrected chi connectivity index (χ3v) is 2.86. The number of rotatable bonds is 2. The van der Waals surface area contributed by atoms with Gasteiger partial charge in [0, 0.05) is 16.1 Å². The molecule has 0 unspecified atom stereocenters. The van der Waals surface area contributed by atoms with Crippen LogP contribution in [-0.2, 0) is 0 Å². The Morgan fingerprint density at radius 2 is 1.65 bits per heavy atom. The Bertz CT molecular complexity index is 564. The van der Waals surface area contributed by atoms with Crippen LogP contribution in [0.3, 0.4) is 0 Å². The van der Waals surface area contributed by atoms with E-state index in [4.69, 9.17) is 23.2 Å². The highest BCUT2D eigenvalue weighted by Crippen LogP contribution is 2.21. The molecule has 0 saturated carbocycles. The van der Waals surface area contributed by atoms with Gasteiger partial charge in [0.15, 0.2) is 5.78 Å². The number of benzene rings is 2. The lowest BCUT2D eigenvalue weighted by molar-refractivity contribution is 0.103. The van der Waals surface area contributed by atoms with Gasteiger partial charge in [-0.25, -0.2) is 4.39 Å². The summed E-state index contributed by atoms with van der Waals surface area (Å²) in [5, 5.41) is 0.762. The number of hydrogen-bond donors (Lipinski definition) is 0. The SMILES string of the molecule is O=C(c1ccc(Cl)cc1)c1cc(F)ccc1Cl. The van der Waals surface area contributed by atoms with E-state index < -0.39 is 5.82 Å². The maximum Gasteiger partial charge on any atom is 0.194 e. The highest BCUT2D eigenvalue weighted by Gasteiger charge is 2.13. The molecule has 1 nitrogen and oxygen atoms in total. The van der Waals surface area contributed by atoms with E-state index >= 15 is 0 Å². The van der Waals surface area contributed by atoms with Gasteiger partial charge in [0.25, 0.3) is 0 Å². The van der Waals surface area contributed by atoms with Crippen molar-refractivity contribution in [2.75, 3.05) is 0 Å². The van der Waals surface area contributed by atoms with Gasteiger partial charge in [-0.3, -0.25) is 4.79 Å². The Morgan fingerprint density at radius 3 is 2.29 bits per heavy atom. The average molecular weight is 269 g/mol. The number of ketones is 1. The molecule has 0 radical (unpaired) electrons. The minimum Gasteiger partial charge on any atom is -0.289 e. The molecule has 86 valence electrons. The summed E-state index contributed by atoms with van der Waals surface area (Å²) in [6.07, 6.45) is 0. The van der Waals surface area contributed by atoms with E-state index in [1.807, 2.05) is 0 Å². The molecule has 0 aliphatic rings. The summed E-state index contributed by atoms with van der Waals surface area (Å²) in [6.45, 7) is 0. The Labute approximate surface area is 108 Å². The molecule has 0 aliphatic heterocycles. The molecule has 0 spiro atoms. The highest BCUT2D eigenvalue weighted by molar-refractivity contribution is 6.35. The van der Waals surface area contributed by atoms with E-state index in [0.29, 0.717) is 10.6 Å². The summed E-state index contributed by atoms with van der Waals surface area (Å²) in [4.78, 5) is 12.0. The second kappa shape index (κ2) is 4.86. The highest BCUT2D eigenvalue weighted by atomic mass is 35.5. The first-order valence-electron chi connectivity index (χ1n) is 4.83. The number of halogens is 3. The van der Waals surface area contributed by atoms with Crippen LogP contribution in [0.2, 0.25) is 10.0 Å². The van der Waals surface area contributed by atoms with Gasteiger partial charge < -0.3 is 0 Å². The molecule has 2 aromatic carbocycles. The summed E-state index contributed by atoms with van der Waals surface area (Å²) in [6, 6.07) is 10.0. The van der Waals surface area contributed by atoms with Gasteiger partial charge in [-0.15, -0.1) is 0 Å². The van der Waals surface area contributed by atoms with E-state index in [1.165, 1.54) is 12.1 Å². The molecule has 0 atom stereocenters. The van der Waals surface area contributed by atoms with Gasteiger partial charge in [-0.2, -0.15) is 0 Å². The summed E-state index contributed by atoms with van der Waals surface area (Å²) in [7, 11) is 0. The number of carbonyl (C=O) groups excluding carboxylic acids is 1. The first-order chi connectivity index (χ1) is 8.08. The average Bonchev–Trinajstić information content (AvgIpc) is 2.32. The van der Waals surface area contributed by atoms with Crippen LogP contribution in [-0.4, -0.2) is 5.78 Å². The van der Waals surface area contributed by atoms with Crippen molar-refractivity contribution in [3.63, 3.8) is 0 Å². The topological polar surface area (TPSA) is 17.1 Å². The van der Waals surface area contributed by atoms with Crippen LogP contribution in [0.4, 0.5) is 4.39 Å². The molecule has 0 amide bonds. The Balaban J connectivity index is 2.43. The smallest absolute Gasteiger partial charge is 0.194 e. The zero-order valence-electron chi connectivity index (χ0n) is 8.58. The number of hydrogen-bond acceptors (Lipinski definition) is 1. The Morgan fingerprint density at radius 1 is 1.00 bits per heavy atom. The first-order valence-corrected chi connectivity index (χ1v) is 5.59. The van der Waals surface area contributed by atoms with Gasteiger partial charge >= 0.3 is 0 Å². The molecular weight excluding hydrogens is 262 g/mol. The molecule has 2 aromatic rings. The normalized spacial score (nSPS) is 10.3. The largest absolute Gasteiger partial charge is 0.289 e. The second-order valence-electron chi connectivity index (χ2n) is 3.46. The van der Waals surface area contributed by atoms with Gasteiger partial charge in [0.1, 0.15) is 5.82 Å². The van der Waals surface area contributed by atoms with E-state index in [0.717, 1.165) is 6.07 Å². The lowest BCUT2D eigenvalue weighted by Crippen LogP contribution is -2.02. The summed E-state index contributed by atoms with van der Waals surface area (Å²) in [5.41, 5.74) is 0.566. The zero-order chi connectivity index (χ0) is 12.4. The van der Waals surface area contributed by atoms with Crippen molar-refractivity contribution in [3.8, 4) is 0 Å². The molecule has 0 heterocycles. The lowest BCUT2D eigenvalue weighted by Gasteiger charge is -2.04. The molecule has 2 rings (SSSR count). The van der Waals surface area contributed by atoms with Crippen LogP contribution in [0.15, 0.2) is 42.5 Å². The van der Waals surface area contributed by atoms with Crippen molar-refractivity contribution in [2.45, 2.75) is 0 Å². The molecule has 0 aromatic heterocycles. The van der Waals surface area contributed by atoms with Crippen LogP contribution in [0.5, 0.6) is 0 Å². The fourth-order valence-electron chi connectivity index (χ4n) is 1.43. The molecule has 17 heavy (non-hydrogen) atoms. The predicted molar refractivity (Wildman–Crippen MR) is 66.3 cm³/mol. The van der Waals surface area contributed by atoms with Crippen molar-refractivity contribution < 1.29 is 9.18 Å². The maximum absolute atomic E-state index is 13.1. The van der Waals surface area contributed by atoms with Crippen LogP contribution in [0.1, 0.15) is 15.9 Å². The third-order valence-electron chi connectivity index (χ3n) is 2.28. The van der Waals surface area contributed by atoms with Crippen LogP contribution in [0.25, 0.3) is 0 Å². The molecule has 0 N–H and O–H groups in total. The van der Waals surface area contributed by atoms with Crippen molar-refractivity contribution in [3.05, 3.63) is 69.5 Å². The monoisotopic (exact) mass is 268 g/mol. The molecule has 0 fully saturated rings. The quantitative estimate of drug-likeness (QED) is 0.740. The molecule has 0 saturated heterocycles. The third kappa shape index (κ3) is 2.65. The van der Waals surface area contributed by atoms with Gasteiger partial charge in [0.2, 0.25) is 0 Å². The van der Waals surface area contributed by atoms with Crippen molar-refractivity contribution >= 4 is 29.0 Å². The van der Waals surface area contributed by atoms with Crippen LogP contribution >= 0.6 is 23.2 Å². The van der Waals surface area contributed by atoms with Crippen LogP contribution < -0.4 is 0 Å². The molecular formula is C13H7Cl2FO. The molecule has 0 aliphatic carbocycles. The van der Waals surface area contributed by atoms with E-state index in [2.05, 4.69) is 0 Å². The van der Waals surface area contributed by atoms with E-state index in [9.17, 15) is 9.18 Å². The summed E-state index contributed by atoms with van der Waals surface area (Å²) < 4.78 is 13.1. The van der Waals surface area contributed by atoms with E-state index in [-0.39, 0.29) is 16.4 Å². The lowest BCUT2D eigenvalue weighted by atomic mass is 10.0. The van der Waals surface area contributed by atoms with Gasteiger partial charge in [-0.1, -0.05) is 23.2 Å². The fourth-order valence-corrected chi connectivity index (χ4v) is 1.76. The van der Waals surface area contributed by atoms with Crippen molar-refractivity contribution in [1.82, 2.24) is 0 Å². The van der Waals surface area contributed by atoms with Gasteiger partial charge in [0.05, 0.1) is 5.02 Å². The predicted octanol–water partition coefficient (Wildman–Crippen LogP) is 4.36. The zero-order valence-corrected chi connectivity index (χ0v) is 10.1. The van der Waals surface area contributed by atoms with E-state index in [1.54, 1.807) is 24.3 Å². The number of carbonyl (C=O) groups is 1. The van der Waals surface area contributed by atoms with Crippen molar-refractivity contribution in [1.29, 1.82) is 0 Å². The second-order valence-corrected chi connectivity index (χ2v) is 4.30. The minimum atomic E-state index is -0.494. The Hall–Kier alpha value is -1.38. The summed E-state index contributed by atoms with van der Waals surface area (Å²) in [5.74, 6) is -0.821. The maximum atomic E-state index is 13.1.